The monoisotopic (exact) mass is 312 g/mol. The minimum absolute atomic E-state index is 0.00435. The molecule has 0 N–H and O–H groups in total. The number of carbonyl (C=O) groups excluding carboxylic acids is 1. The van der Waals surface area contributed by atoms with Crippen molar-refractivity contribution in [1.82, 2.24) is 0 Å². The molecular formula is C23H20O. The largest absolute Gasteiger partial charge is 0.294 e. The van der Waals surface area contributed by atoms with Crippen molar-refractivity contribution >= 4 is 5.78 Å². The van der Waals surface area contributed by atoms with E-state index < -0.39 is 0 Å². The minimum atomic E-state index is 0.00435. The predicted octanol–water partition coefficient (Wildman–Crippen LogP) is 5.26. The molecule has 118 valence electrons. The van der Waals surface area contributed by atoms with E-state index in [2.05, 4.69) is 54.6 Å². The van der Waals surface area contributed by atoms with Gasteiger partial charge >= 0.3 is 0 Å². The van der Waals surface area contributed by atoms with Crippen molar-refractivity contribution in [1.29, 1.82) is 0 Å². The Hall–Kier alpha value is -2.67. The number of hydrogen-bond donors (Lipinski definition) is 0. The molecule has 0 spiro atoms. The van der Waals surface area contributed by atoms with Crippen LogP contribution in [-0.2, 0) is 6.42 Å². The van der Waals surface area contributed by atoms with Gasteiger partial charge in [-0.05, 0) is 29.5 Å². The standard InChI is InChI=1S/C23H20O/c24-23-20-14-8-7-9-17(20)15-16-21(23)22(18-10-3-1-4-11-18)19-12-5-2-6-13-19/h1-14,21-22H,15-16H2. The van der Waals surface area contributed by atoms with E-state index in [1.54, 1.807) is 0 Å². The van der Waals surface area contributed by atoms with Gasteiger partial charge in [-0.1, -0.05) is 84.9 Å². The Labute approximate surface area is 143 Å². The normalized spacial score (nSPS) is 16.9. The quantitative estimate of drug-likeness (QED) is 0.644. The lowest BCUT2D eigenvalue weighted by Crippen LogP contribution is -2.28. The van der Waals surface area contributed by atoms with Crippen molar-refractivity contribution in [3.05, 3.63) is 107 Å². The Morgan fingerprint density at radius 2 is 1.25 bits per heavy atom. The van der Waals surface area contributed by atoms with Gasteiger partial charge in [0.15, 0.2) is 5.78 Å². The Bertz CT molecular complexity index is 797. The maximum Gasteiger partial charge on any atom is 0.167 e. The van der Waals surface area contributed by atoms with E-state index in [1.807, 2.05) is 30.3 Å². The van der Waals surface area contributed by atoms with Crippen molar-refractivity contribution in [2.24, 2.45) is 5.92 Å². The third-order valence-electron chi connectivity index (χ3n) is 5.06. The molecule has 1 heteroatoms. The van der Waals surface area contributed by atoms with Crippen LogP contribution in [0.4, 0.5) is 0 Å². The predicted molar refractivity (Wildman–Crippen MR) is 97.3 cm³/mol. The molecule has 0 saturated heterocycles. The molecule has 1 unspecified atom stereocenters. The first kappa shape index (κ1) is 14.9. The molecule has 0 saturated carbocycles. The van der Waals surface area contributed by atoms with Crippen LogP contribution in [0.25, 0.3) is 0 Å². The van der Waals surface area contributed by atoms with Crippen LogP contribution < -0.4 is 0 Å². The summed E-state index contributed by atoms with van der Waals surface area (Å²) in [4.78, 5) is 13.2. The Kier molecular flexibility index (Phi) is 4.00. The molecule has 0 amide bonds. The third-order valence-corrected chi connectivity index (χ3v) is 5.06. The molecule has 1 aliphatic carbocycles. The SMILES string of the molecule is O=C1c2ccccc2CCC1C(c1ccccc1)c1ccccc1. The molecule has 1 nitrogen and oxygen atoms in total. The summed E-state index contributed by atoms with van der Waals surface area (Å²) in [5.41, 5.74) is 4.55. The van der Waals surface area contributed by atoms with Crippen molar-refractivity contribution in [3.8, 4) is 0 Å². The number of fused-ring (bicyclic) bond motifs is 1. The van der Waals surface area contributed by atoms with Crippen LogP contribution in [0.5, 0.6) is 0 Å². The number of ketones is 1. The van der Waals surface area contributed by atoms with E-state index in [9.17, 15) is 4.79 Å². The van der Waals surface area contributed by atoms with Gasteiger partial charge in [0.1, 0.15) is 0 Å². The molecule has 3 aromatic carbocycles. The van der Waals surface area contributed by atoms with Gasteiger partial charge < -0.3 is 0 Å². The number of hydrogen-bond acceptors (Lipinski definition) is 1. The van der Waals surface area contributed by atoms with Crippen LogP contribution in [0.15, 0.2) is 84.9 Å². The van der Waals surface area contributed by atoms with Gasteiger partial charge in [-0.2, -0.15) is 0 Å². The average Bonchev–Trinajstić information content (AvgIpc) is 2.66. The van der Waals surface area contributed by atoms with E-state index in [1.165, 1.54) is 16.7 Å². The highest BCUT2D eigenvalue weighted by atomic mass is 16.1. The van der Waals surface area contributed by atoms with Crippen LogP contribution in [0, 0.1) is 5.92 Å². The van der Waals surface area contributed by atoms with Crippen molar-refractivity contribution < 1.29 is 4.79 Å². The Balaban J connectivity index is 1.79. The summed E-state index contributed by atoms with van der Waals surface area (Å²) in [6.45, 7) is 0. The maximum absolute atomic E-state index is 13.2. The zero-order valence-electron chi connectivity index (χ0n) is 13.6. The van der Waals surface area contributed by atoms with Crippen LogP contribution in [0.2, 0.25) is 0 Å². The Morgan fingerprint density at radius 1 is 0.708 bits per heavy atom. The van der Waals surface area contributed by atoms with Crippen LogP contribution in [0.1, 0.15) is 39.4 Å². The van der Waals surface area contributed by atoms with Crippen LogP contribution in [-0.4, -0.2) is 5.78 Å². The second-order valence-electron chi connectivity index (χ2n) is 6.47. The van der Waals surface area contributed by atoms with E-state index >= 15 is 0 Å². The molecule has 0 aliphatic heterocycles. The van der Waals surface area contributed by atoms with Gasteiger partial charge in [0, 0.05) is 17.4 Å². The van der Waals surface area contributed by atoms with E-state index in [0.717, 1.165) is 18.4 Å². The average molecular weight is 312 g/mol. The van der Waals surface area contributed by atoms with E-state index in [4.69, 9.17) is 0 Å². The molecule has 0 heterocycles. The first-order chi connectivity index (χ1) is 11.8. The minimum Gasteiger partial charge on any atom is -0.294 e. The Morgan fingerprint density at radius 3 is 1.88 bits per heavy atom. The van der Waals surface area contributed by atoms with Crippen molar-refractivity contribution in [3.63, 3.8) is 0 Å². The van der Waals surface area contributed by atoms with Crippen LogP contribution in [0.3, 0.4) is 0 Å². The van der Waals surface area contributed by atoms with Gasteiger partial charge in [-0.3, -0.25) is 4.79 Å². The fraction of sp³-hybridized carbons (Fsp3) is 0.174. The summed E-state index contributed by atoms with van der Waals surface area (Å²) in [6.07, 6.45) is 1.88. The topological polar surface area (TPSA) is 17.1 Å². The molecule has 0 fully saturated rings. The lowest BCUT2D eigenvalue weighted by Gasteiger charge is -2.31. The van der Waals surface area contributed by atoms with Crippen LogP contribution >= 0.6 is 0 Å². The molecule has 0 bridgehead atoms. The summed E-state index contributed by atoms with van der Waals surface area (Å²) in [5.74, 6) is 0.410. The first-order valence-corrected chi connectivity index (χ1v) is 8.56. The molecule has 0 radical (unpaired) electrons. The van der Waals surface area contributed by atoms with Gasteiger partial charge in [0.05, 0.1) is 0 Å². The summed E-state index contributed by atoms with van der Waals surface area (Å²) in [7, 11) is 0. The van der Waals surface area contributed by atoms with Crippen molar-refractivity contribution in [2.75, 3.05) is 0 Å². The summed E-state index contributed by atoms with van der Waals surface area (Å²) in [6, 6.07) is 29.0. The number of rotatable bonds is 3. The smallest absolute Gasteiger partial charge is 0.167 e. The number of aryl methyl sites for hydroxylation is 1. The number of benzene rings is 3. The lowest BCUT2D eigenvalue weighted by molar-refractivity contribution is 0.0889. The highest BCUT2D eigenvalue weighted by molar-refractivity contribution is 6.01. The molecule has 24 heavy (non-hydrogen) atoms. The van der Waals surface area contributed by atoms with E-state index in [0.29, 0.717) is 0 Å². The fourth-order valence-corrected chi connectivity index (χ4v) is 3.92. The maximum atomic E-state index is 13.2. The van der Waals surface area contributed by atoms with Gasteiger partial charge in [-0.15, -0.1) is 0 Å². The fourth-order valence-electron chi connectivity index (χ4n) is 3.92. The first-order valence-electron chi connectivity index (χ1n) is 8.56. The molecular weight excluding hydrogens is 292 g/mol. The van der Waals surface area contributed by atoms with Crippen molar-refractivity contribution in [2.45, 2.75) is 18.8 Å². The third kappa shape index (κ3) is 2.67. The second kappa shape index (κ2) is 6.45. The molecule has 1 aliphatic rings. The molecule has 0 aromatic heterocycles. The summed E-state index contributed by atoms with van der Waals surface area (Å²) >= 11 is 0. The number of carbonyl (C=O) groups is 1. The zero-order valence-corrected chi connectivity index (χ0v) is 13.6. The molecule has 4 rings (SSSR count). The summed E-state index contributed by atoms with van der Waals surface area (Å²) < 4.78 is 0. The molecule has 1 atom stereocenters. The number of Topliss-reactive ketones (excluding diaryl/α,β-unsaturated/α-hetero) is 1. The lowest BCUT2D eigenvalue weighted by atomic mass is 9.71. The van der Waals surface area contributed by atoms with Gasteiger partial charge in [0.2, 0.25) is 0 Å². The van der Waals surface area contributed by atoms with Gasteiger partial charge in [-0.25, -0.2) is 0 Å². The van der Waals surface area contributed by atoms with E-state index in [-0.39, 0.29) is 17.6 Å². The zero-order chi connectivity index (χ0) is 16.4. The highest BCUT2D eigenvalue weighted by Crippen LogP contribution is 2.39. The van der Waals surface area contributed by atoms with Gasteiger partial charge in [0.25, 0.3) is 0 Å². The molecule has 3 aromatic rings. The second-order valence-corrected chi connectivity index (χ2v) is 6.47. The summed E-state index contributed by atoms with van der Waals surface area (Å²) in [5, 5.41) is 0. The highest BCUT2D eigenvalue weighted by Gasteiger charge is 2.34.